The zero-order chi connectivity index (χ0) is 26.5. The molecular formula is C29H35N5O3. The van der Waals surface area contributed by atoms with Gasteiger partial charge in [0.15, 0.2) is 0 Å². The second kappa shape index (κ2) is 11.5. The van der Waals surface area contributed by atoms with Crippen molar-refractivity contribution in [1.29, 1.82) is 0 Å². The molecule has 1 aromatic heterocycles. The number of pyridine rings is 1. The summed E-state index contributed by atoms with van der Waals surface area (Å²) in [4.78, 5) is 32.6. The van der Waals surface area contributed by atoms with Crippen LogP contribution in [0.5, 0.6) is 0 Å². The first-order chi connectivity index (χ1) is 17.8. The van der Waals surface area contributed by atoms with Gasteiger partial charge in [0, 0.05) is 23.9 Å². The molecule has 0 saturated heterocycles. The van der Waals surface area contributed by atoms with Gasteiger partial charge in [-0.15, -0.1) is 0 Å². The van der Waals surface area contributed by atoms with Gasteiger partial charge in [0.1, 0.15) is 18.1 Å². The van der Waals surface area contributed by atoms with Crippen molar-refractivity contribution < 1.29 is 14.7 Å². The van der Waals surface area contributed by atoms with Gasteiger partial charge in [0.05, 0.1) is 12.1 Å². The fourth-order valence-electron chi connectivity index (χ4n) is 4.66. The van der Waals surface area contributed by atoms with Crippen LogP contribution in [-0.4, -0.2) is 53.3 Å². The summed E-state index contributed by atoms with van der Waals surface area (Å²) in [6, 6.07) is 19.5. The van der Waals surface area contributed by atoms with E-state index in [1.54, 1.807) is 25.1 Å². The molecule has 2 aromatic carbocycles. The lowest BCUT2D eigenvalue weighted by Gasteiger charge is -2.37. The first-order valence-corrected chi connectivity index (χ1v) is 12.6. The van der Waals surface area contributed by atoms with Crippen molar-refractivity contribution in [3.63, 3.8) is 0 Å². The summed E-state index contributed by atoms with van der Waals surface area (Å²) in [5.41, 5.74) is 3.46. The van der Waals surface area contributed by atoms with Crippen LogP contribution in [0.4, 0.5) is 11.5 Å². The maximum atomic E-state index is 13.8. The number of hydrogen-bond acceptors (Lipinski definition) is 6. The number of amides is 2. The zero-order valence-corrected chi connectivity index (χ0v) is 21.7. The maximum Gasteiger partial charge on any atom is 0.247 e. The average Bonchev–Trinajstić information content (AvgIpc) is 3.31. The predicted molar refractivity (Wildman–Crippen MR) is 146 cm³/mol. The van der Waals surface area contributed by atoms with E-state index < -0.39 is 24.4 Å². The summed E-state index contributed by atoms with van der Waals surface area (Å²) in [6.07, 6.45) is 0.880. The molecular weight excluding hydrogens is 466 g/mol. The summed E-state index contributed by atoms with van der Waals surface area (Å²) < 4.78 is 0. The predicted octanol–water partition coefficient (Wildman–Crippen LogP) is 3.19. The van der Waals surface area contributed by atoms with Crippen molar-refractivity contribution in [2.24, 2.45) is 5.92 Å². The Morgan fingerprint density at radius 3 is 2.41 bits per heavy atom. The highest BCUT2D eigenvalue weighted by Gasteiger charge is 2.43. The Morgan fingerprint density at radius 1 is 1.00 bits per heavy atom. The second-order valence-corrected chi connectivity index (χ2v) is 9.72. The monoisotopic (exact) mass is 501 g/mol. The summed E-state index contributed by atoms with van der Waals surface area (Å²) >= 11 is 0. The molecule has 4 atom stereocenters. The molecule has 8 heteroatoms. The number of likely N-dealkylation sites (N-methyl/N-ethyl adjacent to an activating group) is 1. The summed E-state index contributed by atoms with van der Waals surface area (Å²) in [5.74, 6) is -0.0253. The number of aliphatic hydroxyl groups excluding tert-OH is 1. The lowest BCUT2D eigenvalue weighted by molar-refractivity contribution is -0.124. The number of para-hydroxylation sites is 1. The Balaban J connectivity index is 1.64. The van der Waals surface area contributed by atoms with Gasteiger partial charge in [-0.3, -0.25) is 9.59 Å². The Kier molecular flexibility index (Phi) is 8.21. The van der Waals surface area contributed by atoms with Crippen molar-refractivity contribution in [2.75, 3.05) is 17.3 Å². The fourth-order valence-corrected chi connectivity index (χ4v) is 4.66. The highest BCUT2D eigenvalue weighted by Crippen LogP contribution is 2.34. The summed E-state index contributed by atoms with van der Waals surface area (Å²) in [7, 11) is 1.71. The molecule has 4 rings (SSSR count). The Labute approximate surface area is 218 Å². The number of benzene rings is 2. The number of carbonyl (C=O) groups is 2. The highest BCUT2D eigenvalue weighted by atomic mass is 16.3. The third-order valence-electron chi connectivity index (χ3n) is 6.89. The van der Waals surface area contributed by atoms with Crippen molar-refractivity contribution >= 4 is 23.3 Å². The van der Waals surface area contributed by atoms with Crippen LogP contribution in [-0.2, 0) is 16.0 Å². The average molecular weight is 502 g/mol. The molecule has 1 aliphatic heterocycles. The van der Waals surface area contributed by atoms with Crippen LogP contribution in [0, 0.1) is 5.92 Å². The first-order valence-electron chi connectivity index (χ1n) is 12.6. The van der Waals surface area contributed by atoms with Gasteiger partial charge in [-0.25, -0.2) is 4.98 Å². The third-order valence-corrected chi connectivity index (χ3v) is 6.89. The number of nitrogens with zero attached hydrogens (tertiary/aromatic N) is 2. The molecule has 194 valence electrons. The van der Waals surface area contributed by atoms with E-state index in [1.807, 2.05) is 80.6 Å². The summed E-state index contributed by atoms with van der Waals surface area (Å²) in [5, 5.41) is 20.6. The van der Waals surface area contributed by atoms with Crippen molar-refractivity contribution in [2.45, 2.75) is 51.5 Å². The molecule has 0 fully saturated rings. The maximum absolute atomic E-state index is 13.8. The van der Waals surface area contributed by atoms with Crippen molar-refractivity contribution in [3.8, 4) is 11.1 Å². The van der Waals surface area contributed by atoms with Gasteiger partial charge in [-0.2, -0.15) is 0 Å². The number of anilines is 2. The zero-order valence-electron chi connectivity index (χ0n) is 21.7. The minimum absolute atomic E-state index is 0.0988. The number of carbonyl (C=O) groups excluding carboxylic acids is 2. The lowest BCUT2D eigenvalue weighted by atomic mass is 10.00. The van der Waals surface area contributed by atoms with E-state index in [4.69, 9.17) is 0 Å². The van der Waals surface area contributed by atoms with Gasteiger partial charge in [-0.05, 0) is 43.1 Å². The molecule has 4 unspecified atom stereocenters. The standard InChI is InChI=1S/C29H35N5O3/c1-18(2)25(33-27(35)19(3)30-4)29(37)34-24(17-21-13-10-16-31-26(21)34)28(36)32-23-15-9-8-14-22(23)20-11-6-5-7-12-20/h5-16,18-19,24-25,29-30,37H,17H2,1-4H3,(H,32,36)(H,33,35). The SMILES string of the molecule is CNC(C)C(=O)NC(C(C)C)C(O)N1c2ncccc2CC1C(=O)Nc1ccccc1-c1ccccc1. The van der Waals surface area contributed by atoms with Crippen LogP contribution in [0.3, 0.4) is 0 Å². The number of aromatic nitrogens is 1. The smallest absolute Gasteiger partial charge is 0.247 e. The van der Waals surface area contributed by atoms with Crippen LogP contribution in [0.2, 0.25) is 0 Å². The van der Waals surface area contributed by atoms with Gasteiger partial charge in [0.25, 0.3) is 0 Å². The quantitative estimate of drug-likeness (QED) is 0.359. The molecule has 3 aromatic rings. The van der Waals surface area contributed by atoms with E-state index in [-0.39, 0.29) is 17.7 Å². The van der Waals surface area contributed by atoms with Crippen molar-refractivity contribution in [3.05, 3.63) is 78.5 Å². The van der Waals surface area contributed by atoms with E-state index >= 15 is 0 Å². The molecule has 2 heterocycles. The molecule has 0 saturated carbocycles. The van der Waals surface area contributed by atoms with E-state index in [0.29, 0.717) is 17.9 Å². The van der Waals surface area contributed by atoms with Gasteiger partial charge in [-0.1, -0.05) is 68.4 Å². The second-order valence-electron chi connectivity index (χ2n) is 9.72. The Morgan fingerprint density at radius 2 is 1.70 bits per heavy atom. The number of aliphatic hydroxyl groups is 1. The van der Waals surface area contributed by atoms with Crippen LogP contribution < -0.4 is 20.9 Å². The molecule has 37 heavy (non-hydrogen) atoms. The topological polar surface area (TPSA) is 107 Å². The van der Waals surface area contributed by atoms with E-state index in [9.17, 15) is 14.7 Å². The van der Waals surface area contributed by atoms with Crippen LogP contribution in [0.15, 0.2) is 72.9 Å². The highest BCUT2D eigenvalue weighted by molar-refractivity contribution is 6.01. The molecule has 1 aliphatic rings. The molecule has 8 nitrogen and oxygen atoms in total. The first kappa shape index (κ1) is 26.3. The van der Waals surface area contributed by atoms with Crippen LogP contribution in [0.25, 0.3) is 11.1 Å². The number of nitrogens with one attached hydrogen (secondary N) is 3. The van der Waals surface area contributed by atoms with Gasteiger partial charge < -0.3 is 26.0 Å². The lowest BCUT2D eigenvalue weighted by Crippen LogP contribution is -2.60. The fraction of sp³-hybridized carbons (Fsp3) is 0.345. The largest absolute Gasteiger partial charge is 0.371 e. The number of hydrogen-bond donors (Lipinski definition) is 4. The van der Waals surface area contributed by atoms with E-state index in [2.05, 4.69) is 20.9 Å². The molecule has 0 aliphatic carbocycles. The Bertz CT molecular complexity index is 1230. The van der Waals surface area contributed by atoms with Crippen LogP contribution >= 0.6 is 0 Å². The minimum Gasteiger partial charge on any atom is -0.371 e. The summed E-state index contributed by atoms with van der Waals surface area (Å²) in [6.45, 7) is 5.61. The number of rotatable bonds is 9. The molecule has 0 spiro atoms. The van der Waals surface area contributed by atoms with Gasteiger partial charge in [0.2, 0.25) is 11.8 Å². The molecule has 2 amide bonds. The molecule has 4 N–H and O–H groups in total. The van der Waals surface area contributed by atoms with Crippen molar-refractivity contribution in [1.82, 2.24) is 15.6 Å². The number of fused-ring (bicyclic) bond motifs is 1. The van der Waals surface area contributed by atoms with E-state index in [1.165, 1.54) is 0 Å². The normalized spacial score (nSPS) is 17.1. The van der Waals surface area contributed by atoms with Crippen LogP contribution in [0.1, 0.15) is 26.3 Å². The molecule has 0 bridgehead atoms. The minimum atomic E-state index is -1.16. The molecule has 0 radical (unpaired) electrons. The van der Waals surface area contributed by atoms with E-state index in [0.717, 1.165) is 16.7 Å². The Hall–Kier alpha value is -3.75. The third kappa shape index (κ3) is 5.65. The van der Waals surface area contributed by atoms with Gasteiger partial charge >= 0.3 is 0 Å².